The first-order chi connectivity index (χ1) is 7.26. The van der Waals surface area contributed by atoms with Crippen molar-refractivity contribution in [2.75, 3.05) is 0 Å². The van der Waals surface area contributed by atoms with E-state index in [1.54, 1.807) is 0 Å². The van der Waals surface area contributed by atoms with Gasteiger partial charge < -0.3 is 4.18 Å². The van der Waals surface area contributed by atoms with E-state index >= 15 is 0 Å². The molecule has 0 bridgehead atoms. The van der Waals surface area contributed by atoms with Gasteiger partial charge in [-0.05, 0) is 0 Å². The van der Waals surface area contributed by atoms with Gasteiger partial charge in [0.15, 0.2) is 0 Å². The molecule has 0 aliphatic rings. The molecule has 0 radical (unpaired) electrons. The highest BCUT2D eigenvalue weighted by Crippen LogP contribution is 2.26. The van der Waals surface area contributed by atoms with E-state index in [-0.39, 0.29) is 5.69 Å². The van der Waals surface area contributed by atoms with Crippen molar-refractivity contribution in [3.05, 3.63) is 24.0 Å². The first-order valence-electron chi connectivity index (χ1n) is 3.63. The largest absolute Gasteiger partial charge is 0.534 e. The summed E-state index contributed by atoms with van der Waals surface area (Å²) in [6.07, 6.45) is 0.958. The van der Waals surface area contributed by atoms with Crippen molar-refractivity contribution in [3.8, 4) is 11.8 Å². The van der Waals surface area contributed by atoms with Gasteiger partial charge in [0.1, 0.15) is 17.5 Å². The lowest BCUT2D eigenvalue weighted by Crippen LogP contribution is -2.28. The normalized spacial score (nSPS) is 11.9. The molecule has 16 heavy (non-hydrogen) atoms. The van der Waals surface area contributed by atoms with Gasteiger partial charge in [-0.1, -0.05) is 0 Å². The van der Waals surface area contributed by atoms with Crippen molar-refractivity contribution in [2.24, 2.45) is 0 Å². The number of hydrogen-bond donors (Lipinski definition) is 0. The Morgan fingerprint density at radius 3 is 2.56 bits per heavy atom. The molecule has 0 fully saturated rings. The van der Waals surface area contributed by atoms with Crippen LogP contribution < -0.4 is 4.18 Å². The number of alkyl halides is 3. The van der Waals surface area contributed by atoms with Crippen molar-refractivity contribution >= 4 is 10.1 Å². The summed E-state index contributed by atoms with van der Waals surface area (Å²) in [5, 5.41) is 8.38. The Labute approximate surface area is 88.2 Å². The van der Waals surface area contributed by atoms with Gasteiger partial charge in [-0.25, -0.2) is 4.98 Å². The zero-order chi connectivity index (χ0) is 12.4. The average Bonchev–Trinajstić information content (AvgIpc) is 2.15. The second-order valence-corrected chi connectivity index (χ2v) is 4.01. The summed E-state index contributed by atoms with van der Waals surface area (Å²) in [4.78, 5) is 3.43. The minimum Gasteiger partial charge on any atom is -0.376 e. The lowest BCUT2D eigenvalue weighted by atomic mass is 10.3. The van der Waals surface area contributed by atoms with Crippen LogP contribution in [-0.2, 0) is 10.1 Å². The van der Waals surface area contributed by atoms with Crippen LogP contribution in [0.25, 0.3) is 0 Å². The summed E-state index contributed by atoms with van der Waals surface area (Å²) in [6.45, 7) is 0. The molecular formula is C7H3F3N2O3S. The van der Waals surface area contributed by atoms with Gasteiger partial charge >= 0.3 is 15.6 Å². The van der Waals surface area contributed by atoms with Crippen LogP contribution in [0.3, 0.4) is 0 Å². The molecule has 5 nitrogen and oxygen atoms in total. The standard InChI is InChI=1S/C7H3F3N2O3S/c8-7(9,10)16(13,14)15-6-1-2-12-5(3-6)4-11/h1-3H. The molecule has 0 saturated heterocycles. The van der Waals surface area contributed by atoms with Crippen LogP contribution in [0.4, 0.5) is 13.2 Å². The molecule has 0 aromatic carbocycles. The molecule has 0 aliphatic carbocycles. The zero-order valence-electron chi connectivity index (χ0n) is 7.39. The monoisotopic (exact) mass is 252 g/mol. The Hall–Kier alpha value is -1.82. The molecule has 0 amide bonds. The van der Waals surface area contributed by atoms with E-state index in [0.29, 0.717) is 0 Å². The van der Waals surface area contributed by atoms with Crippen LogP contribution in [0.15, 0.2) is 18.3 Å². The summed E-state index contributed by atoms with van der Waals surface area (Å²) in [6, 6.07) is 3.20. The third kappa shape index (κ3) is 2.60. The molecule has 0 saturated carbocycles. The van der Waals surface area contributed by atoms with Crippen molar-refractivity contribution < 1.29 is 25.8 Å². The van der Waals surface area contributed by atoms with E-state index in [1.807, 2.05) is 0 Å². The molecule has 1 heterocycles. The Kier molecular flexibility index (Phi) is 3.04. The van der Waals surface area contributed by atoms with Gasteiger partial charge in [0.25, 0.3) is 0 Å². The first-order valence-corrected chi connectivity index (χ1v) is 5.04. The Bertz CT molecular complexity index is 533. The lowest BCUT2D eigenvalue weighted by Gasteiger charge is -2.08. The molecule has 0 spiro atoms. The van der Waals surface area contributed by atoms with Crippen LogP contribution in [-0.4, -0.2) is 18.9 Å². The molecule has 86 valence electrons. The fourth-order valence-corrected chi connectivity index (χ4v) is 1.15. The van der Waals surface area contributed by atoms with Gasteiger partial charge in [0, 0.05) is 18.3 Å². The number of hydrogen-bond acceptors (Lipinski definition) is 5. The fourth-order valence-electron chi connectivity index (χ4n) is 0.698. The number of aromatic nitrogens is 1. The number of pyridine rings is 1. The third-order valence-electron chi connectivity index (χ3n) is 1.34. The van der Waals surface area contributed by atoms with Crippen LogP contribution in [0.2, 0.25) is 0 Å². The summed E-state index contributed by atoms with van der Waals surface area (Å²) >= 11 is 0. The minimum absolute atomic E-state index is 0.255. The molecule has 9 heteroatoms. The minimum atomic E-state index is -5.71. The maximum atomic E-state index is 11.9. The Balaban J connectivity index is 3.03. The molecule has 0 aliphatic heterocycles. The molecule has 0 unspecified atom stereocenters. The second kappa shape index (κ2) is 3.97. The summed E-state index contributed by atoms with van der Waals surface area (Å²) < 4.78 is 60.6. The van der Waals surface area contributed by atoms with Crippen LogP contribution in [0.1, 0.15) is 5.69 Å². The second-order valence-electron chi connectivity index (χ2n) is 2.47. The van der Waals surface area contributed by atoms with Gasteiger partial charge in [0.05, 0.1) is 0 Å². The first kappa shape index (κ1) is 12.3. The maximum absolute atomic E-state index is 11.9. The number of rotatable bonds is 2. The topological polar surface area (TPSA) is 80.0 Å². The number of nitriles is 1. The third-order valence-corrected chi connectivity index (χ3v) is 2.31. The predicted molar refractivity (Wildman–Crippen MR) is 44.6 cm³/mol. The van der Waals surface area contributed by atoms with E-state index in [4.69, 9.17) is 5.26 Å². The van der Waals surface area contributed by atoms with E-state index in [0.717, 1.165) is 18.3 Å². The highest BCUT2D eigenvalue weighted by Gasteiger charge is 2.48. The van der Waals surface area contributed by atoms with Crippen molar-refractivity contribution in [1.29, 1.82) is 5.26 Å². The quantitative estimate of drug-likeness (QED) is 0.583. The molecule has 1 aromatic rings. The van der Waals surface area contributed by atoms with Gasteiger partial charge in [0.2, 0.25) is 0 Å². The molecule has 0 atom stereocenters. The lowest BCUT2D eigenvalue weighted by molar-refractivity contribution is -0.0500. The molecular weight excluding hydrogens is 249 g/mol. The Morgan fingerprint density at radius 2 is 2.06 bits per heavy atom. The smallest absolute Gasteiger partial charge is 0.376 e. The SMILES string of the molecule is N#Cc1cc(OS(=O)(=O)C(F)(F)F)ccn1. The van der Waals surface area contributed by atoms with E-state index in [1.165, 1.54) is 6.07 Å². The molecule has 1 rings (SSSR count). The van der Waals surface area contributed by atoms with E-state index < -0.39 is 21.4 Å². The van der Waals surface area contributed by atoms with Crippen molar-refractivity contribution in [2.45, 2.75) is 5.51 Å². The summed E-state index contributed by atoms with van der Waals surface area (Å²) in [5.74, 6) is -0.621. The fraction of sp³-hybridized carbons (Fsp3) is 0.143. The maximum Gasteiger partial charge on any atom is 0.534 e. The van der Waals surface area contributed by atoms with Crippen molar-refractivity contribution in [1.82, 2.24) is 4.98 Å². The Morgan fingerprint density at radius 1 is 1.44 bits per heavy atom. The van der Waals surface area contributed by atoms with Gasteiger partial charge in [-0.15, -0.1) is 0 Å². The molecule has 1 aromatic heterocycles. The average molecular weight is 252 g/mol. The van der Waals surface area contributed by atoms with Crippen LogP contribution in [0, 0.1) is 11.3 Å². The van der Waals surface area contributed by atoms with E-state index in [2.05, 4.69) is 9.17 Å². The highest BCUT2D eigenvalue weighted by atomic mass is 32.2. The van der Waals surface area contributed by atoms with E-state index in [9.17, 15) is 21.6 Å². The van der Waals surface area contributed by atoms with Crippen LogP contribution >= 0.6 is 0 Å². The predicted octanol–water partition coefficient (Wildman–Crippen LogP) is 1.18. The van der Waals surface area contributed by atoms with Crippen molar-refractivity contribution in [3.63, 3.8) is 0 Å². The van der Waals surface area contributed by atoms with Gasteiger partial charge in [-0.2, -0.15) is 26.9 Å². The highest BCUT2D eigenvalue weighted by molar-refractivity contribution is 7.87. The zero-order valence-corrected chi connectivity index (χ0v) is 8.21. The summed E-state index contributed by atoms with van der Waals surface area (Å²) in [7, 11) is -5.71. The van der Waals surface area contributed by atoms with Gasteiger partial charge in [-0.3, -0.25) is 0 Å². The molecule has 0 N–H and O–H groups in total. The van der Waals surface area contributed by atoms with Crippen LogP contribution in [0.5, 0.6) is 5.75 Å². The summed E-state index contributed by atoms with van der Waals surface area (Å²) in [5.41, 5.74) is -5.77. The number of nitrogens with zero attached hydrogens (tertiary/aromatic N) is 2. The number of halogens is 3.